The molecule has 0 radical (unpaired) electrons. The third-order valence-electron chi connectivity index (χ3n) is 3.98. The summed E-state index contributed by atoms with van der Waals surface area (Å²) in [6.45, 7) is 0.887. The average Bonchev–Trinajstić information content (AvgIpc) is 3.32. The average molecular weight is 348 g/mol. The van der Waals surface area contributed by atoms with Gasteiger partial charge in [0.25, 0.3) is 0 Å². The topological polar surface area (TPSA) is 113 Å². The summed E-state index contributed by atoms with van der Waals surface area (Å²) in [5.41, 5.74) is 0.693. The predicted octanol–water partition coefficient (Wildman–Crippen LogP) is 0.893. The molecule has 0 unspecified atom stereocenters. The molecular weight excluding hydrogens is 328 g/mol. The van der Waals surface area contributed by atoms with Crippen LogP contribution in [0.25, 0.3) is 10.8 Å². The lowest BCUT2D eigenvalue weighted by Gasteiger charge is -2.10. The van der Waals surface area contributed by atoms with Crippen LogP contribution < -0.4 is 10.6 Å². The lowest BCUT2D eigenvalue weighted by molar-refractivity contribution is -0.125. The number of thiazole rings is 1. The number of hydrogen-bond acceptors (Lipinski definition) is 6. The zero-order chi connectivity index (χ0) is 16.8. The molecule has 0 spiro atoms. The molecule has 24 heavy (non-hydrogen) atoms. The van der Waals surface area contributed by atoms with Gasteiger partial charge in [-0.25, -0.2) is 9.97 Å². The first-order chi connectivity index (χ1) is 11.7. The van der Waals surface area contributed by atoms with E-state index in [1.54, 1.807) is 0 Å². The number of nitrogens with zero attached hydrogens (tertiary/aromatic N) is 3. The number of rotatable bonds is 7. The molecule has 0 saturated heterocycles. The minimum atomic E-state index is -0.112. The van der Waals surface area contributed by atoms with Crippen LogP contribution in [-0.4, -0.2) is 45.1 Å². The van der Waals surface area contributed by atoms with Crippen LogP contribution in [0.3, 0.4) is 0 Å². The maximum Gasteiger partial charge on any atom is 0.226 e. The number of amides is 2. The van der Waals surface area contributed by atoms with Crippen molar-refractivity contribution in [3.63, 3.8) is 0 Å². The first-order valence-corrected chi connectivity index (χ1v) is 8.95. The fourth-order valence-corrected chi connectivity index (χ4v) is 3.52. The van der Waals surface area contributed by atoms with Gasteiger partial charge in [-0.05, 0) is 12.8 Å². The zero-order valence-corrected chi connectivity index (χ0v) is 14.1. The Morgan fingerprint density at radius 1 is 1.25 bits per heavy atom. The van der Waals surface area contributed by atoms with E-state index >= 15 is 0 Å². The summed E-state index contributed by atoms with van der Waals surface area (Å²) < 4.78 is 0. The summed E-state index contributed by atoms with van der Waals surface area (Å²) in [6.07, 6.45) is 5.87. The maximum atomic E-state index is 11.9. The number of aromatic amines is 1. The van der Waals surface area contributed by atoms with Crippen molar-refractivity contribution in [1.82, 2.24) is 30.8 Å². The van der Waals surface area contributed by atoms with Crippen LogP contribution in [0.4, 0.5) is 0 Å². The van der Waals surface area contributed by atoms with Crippen LogP contribution >= 0.6 is 11.3 Å². The summed E-state index contributed by atoms with van der Waals surface area (Å²) in [5, 5.41) is 14.7. The molecule has 3 N–H and O–H groups in total. The SMILES string of the molecule is O=C(Cc1csc(-c2ncn[nH]2)n1)NCCNC(=O)C1CCCC1. The Morgan fingerprint density at radius 2 is 2.04 bits per heavy atom. The lowest BCUT2D eigenvalue weighted by Crippen LogP contribution is -2.37. The van der Waals surface area contributed by atoms with Crippen molar-refractivity contribution >= 4 is 23.2 Å². The number of carbonyl (C=O) groups excluding carboxylic acids is 2. The fourth-order valence-electron chi connectivity index (χ4n) is 2.75. The van der Waals surface area contributed by atoms with Gasteiger partial charge in [0, 0.05) is 24.4 Å². The molecule has 1 aliphatic rings. The van der Waals surface area contributed by atoms with Crippen molar-refractivity contribution in [3.05, 3.63) is 17.4 Å². The van der Waals surface area contributed by atoms with Gasteiger partial charge in [-0.1, -0.05) is 12.8 Å². The summed E-state index contributed by atoms with van der Waals surface area (Å²) in [5.74, 6) is 0.754. The number of nitrogens with one attached hydrogen (secondary N) is 3. The molecule has 128 valence electrons. The highest BCUT2D eigenvalue weighted by molar-refractivity contribution is 7.13. The lowest BCUT2D eigenvalue weighted by atomic mass is 10.1. The van der Waals surface area contributed by atoms with Crippen LogP contribution in [0.15, 0.2) is 11.7 Å². The highest BCUT2D eigenvalue weighted by atomic mass is 32.1. The molecule has 2 heterocycles. The maximum absolute atomic E-state index is 11.9. The molecule has 2 aromatic rings. The molecule has 2 amide bonds. The van der Waals surface area contributed by atoms with Crippen LogP contribution in [-0.2, 0) is 16.0 Å². The van der Waals surface area contributed by atoms with Crippen LogP contribution in [0.1, 0.15) is 31.4 Å². The predicted molar refractivity (Wildman–Crippen MR) is 89.2 cm³/mol. The second-order valence-electron chi connectivity index (χ2n) is 5.78. The van der Waals surface area contributed by atoms with Crippen molar-refractivity contribution in [2.45, 2.75) is 32.1 Å². The van der Waals surface area contributed by atoms with E-state index in [1.165, 1.54) is 17.7 Å². The highest BCUT2D eigenvalue weighted by Gasteiger charge is 2.21. The molecule has 9 heteroatoms. The summed E-state index contributed by atoms with van der Waals surface area (Å²) in [4.78, 5) is 32.1. The summed E-state index contributed by atoms with van der Waals surface area (Å²) >= 11 is 1.41. The zero-order valence-electron chi connectivity index (χ0n) is 13.2. The van der Waals surface area contributed by atoms with E-state index in [2.05, 4.69) is 30.8 Å². The van der Waals surface area contributed by atoms with E-state index in [-0.39, 0.29) is 24.2 Å². The molecule has 1 saturated carbocycles. The van der Waals surface area contributed by atoms with Gasteiger partial charge in [-0.2, -0.15) is 5.10 Å². The minimum Gasteiger partial charge on any atom is -0.354 e. The molecular formula is C15H20N6O2S. The van der Waals surface area contributed by atoms with Crippen molar-refractivity contribution in [2.75, 3.05) is 13.1 Å². The number of H-pyrrole nitrogens is 1. The van der Waals surface area contributed by atoms with Gasteiger partial charge in [0.15, 0.2) is 10.8 Å². The Morgan fingerprint density at radius 3 is 2.79 bits per heavy atom. The Balaban J connectivity index is 1.36. The quantitative estimate of drug-likeness (QED) is 0.643. The number of hydrogen-bond donors (Lipinski definition) is 3. The van der Waals surface area contributed by atoms with E-state index in [0.29, 0.717) is 29.6 Å². The van der Waals surface area contributed by atoms with Gasteiger partial charge in [-0.3, -0.25) is 14.7 Å². The summed E-state index contributed by atoms with van der Waals surface area (Å²) in [6, 6.07) is 0. The normalized spacial score (nSPS) is 14.7. The van der Waals surface area contributed by atoms with Gasteiger partial charge in [0.1, 0.15) is 6.33 Å². The van der Waals surface area contributed by atoms with Crippen molar-refractivity contribution in [1.29, 1.82) is 0 Å². The standard InChI is InChI=1S/C15H20N6O2S/c22-12(16-5-6-17-14(23)10-3-1-2-4-10)7-11-8-24-15(20-11)13-18-9-19-21-13/h8-10H,1-7H2,(H,16,22)(H,17,23)(H,18,19,21). The van der Waals surface area contributed by atoms with Crippen molar-refractivity contribution in [2.24, 2.45) is 5.92 Å². The largest absolute Gasteiger partial charge is 0.354 e. The minimum absolute atomic E-state index is 0.109. The molecule has 0 atom stereocenters. The first-order valence-electron chi connectivity index (χ1n) is 8.07. The third kappa shape index (κ3) is 4.38. The van der Waals surface area contributed by atoms with Crippen LogP contribution in [0, 0.1) is 5.92 Å². The third-order valence-corrected chi connectivity index (χ3v) is 4.88. The van der Waals surface area contributed by atoms with Crippen molar-refractivity contribution in [3.8, 4) is 10.8 Å². The van der Waals surface area contributed by atoms with E-state index in [0.717, 1.165) is 25.7 Å². The second-order valence-corrected chi connectivity index (χ2v) is 6.64. The summed E-state index contributed by atoms with van der Waals surface area (Å²) in [7, 11) is 0. The van der Waals surface area contributed by atoms with E-state index in [4.69, 9.17) is 0 Å². The molecule has 0 aliphatic heterocycles. The van der Waals surface area contributed by atoms with Gasteiger partial charge in [-0.15, -0.1) is 11.3 Å². The first kappa shape index (κ1) is 16.6. The molecule has 0 aromatic carbocycles. The van der Waals surface area contributed by atoms with Gasteiger partial charge >= 0.3 is 0 Å². The molecule has 8 nitrogen and oxygen atoms in total. The monoisotopic (exact) mass is 348 g/mol. The molecule has 1 aliphatic carbocycles. The fraction of sp³-hybridized carbons (Fsp3) is 0.533. The Bertz CT molecular complexity index is 678. The highest BCUT2D eigenvalue weighted by Crippen LogP contribution is 2.24. The van der Waals surface area contributed by atoms with Gasteiger partial charge < -0.3 is 10.6 Å². The van der Waals surface area contributed by atoms with E-state index in [9.17, 15) is 9.59 Å². The molecule has 1 fully saturated rings. The van der Waals surface area contributed by atoms with Crippen LogP contribution in [0.2, 0.25) is 0 Å². The Labute approximate surface area is 143 Å². The van der Waals surface area contributed by atoms with Gasteiger partial charge in [0.2, 0.25) is 11.8 Å². The molecule has 2 aromatic heterocycles. The van der Waals surface area contributed by atoms with E-state index < -0.39 is 0 Å². The molecule has 0 bridgehead atoms. The molecule has 3 rings (SSSR count). The number of aromatic nitrogens is 4. The van der Waals surface area contributed by atoms with E-state index in [1.807, 2.05) is 5.38 Å². The number of carbonyl (C=O) groups is 2. The Hall–Kier alpha value is -2.29. The smallest absolute Gasteiger partial charge is 0.226 e. The Kier molecular flexibility index (Phi) is 5.52. The van der Waals surface area contributed by atoms with Crippen LogP contribution in [0.5, 0.6) is 0 Å². The van der Waals surface area contributed by atoms with Gasteiger partial charge in [0.05, 0.1) is 12.1 Å². The second kappa shape index (κ2) is 8.00. The van der Waals surface area contributed by atoms with Crippen molar-refractivity contribution < 1.29 is 9.59 Å².